The van der Waals surface area contributed by atoms with Crippen LogP contribution in [-0.2, 0) is 23.8 Å². The Morgan fingerprint density at radius 2 is 0.791 bits per heavy atom. The van der Waals surface area contributed by atoms with Gasteiger partial charge in [-0.05, 0) is 103 Å². The summed E-state index contributed by atoms with van der Waals surface area (Å²) in [5, 5.41) is 54.3. The van der Waals surface area contributed by atoms with Crippen molar-refractivity contribution >= 4 is 11.9 Å². The smallest absolute Gasteiger partial charge is 0.305 e. The molecule has 1 aliphatic heterocycles. The van der Waals surface area contributed by atoms with Crippen molar-refractivity contribution < 1.29 is 49.3 Å². The van der Waals surface area contributed by atoms with Gasteiger partial charge in [0.2, 0.25) is 5.91 Å². The van der Waals surface area contributed by atoms with Gasteiger partial charge in [0.15, 0.2) is 6.29 Å². The van der Waals surface area contributed by atoms with Gasteiger partial charge in [-0.1, -0.05) is 286 Å². The molecule has 1 aliphatic rings. The lowest BCUT2D eigenvalue weighted by Gasteiger charge is -2.40. The Kier molecular flexibility index (Phi) is 60.5. The zero-order valence-corrected chi connectivity index (χ0v) is 55.8. The molecule has 11 heteroatoms. The fraction of sp³-hybridized carbons (Fsp3) is 0.840. The number of aliphatic hydroxyl groups excluding tert-OH is 5. The molecule has 7 unspecified atom stereocenters. The molecule has 0 bridgehead atoms. The molecule has 0 saturated carbocycles. The van der Waals surface area contributed by atoms with E-state index in [0.717, 1.165) is 64.2 Å². The van der Waals surface area contributed by atoms with Gasteiger partial charge in [-0.15, -0.1) is 0 Å². The Balaban J connectivity index is 1.89. The first kappa shape index (κ1) is 81.4. The van der Waals surface area contributed by atoms with Crippen LogP contribution in [-0.4, -0.2) is 100 Å². The monoisotopic (exact) mass is 1210 g/mol. The van der Waals surface area contributed by atoms with Gasteiger partial charge < -0.3 is 45.1 Å². The van der Waals surface area contributed by atoms with E-state index in [1.165, 1.54) is 250 Å². The first-order valence-corrected chi connectivity index (χ1v) is 36.6. The molecule has 0 radical (unpaired) electrons. The lowest BCUT2D eigenvalue weighted by molar-refractivity contribution is -0.302. The van der Waals surface area contributed by atoms with E-state index >= 15 is 0 Å². The van der Waals surface area contributed by atoms with Crippen molar-refractivity contribution in [3.05, 3.63) is 60.8 Å². The maximum Gasteiger partial charge on any atom is 0.305 e. The van der Waals surface area contributed by atoms with Crippen LogP contribution in [0.1, 0.15) is 341 Å². The van der Waals surface area contributed by atoms with Crippen LogP contribution in [0.5, 0.6) is 0 Å². The summed E-state index contributed by atoms with van der Waals surface area (Å²) in [4.78, 5) is 25.1. The minimum Gasteiger partial charge on any atom is -0.466 e. The van der Waals surface area contributed by atoms with E-state index in [2.05, 4.69) is 67.8 Å². The molecule has 1 saturated heterocycles. The maximum absolute atomic E-state index is 13.0. The highest BCUT2D eigenvalue weighted by molar-refractivity contribution is 5.76. The van der Waals surface area contributed by atoms with E-state index in [0.29, 0.717) is 19.4 Å². The van der Waals surface area contributed by atoms with Crippen molar-refractivity contribution in [3.8, 4) is 0 Å². The molecule has 1 amide bonds. The van der Waals surface area contributed by atoms with E-state index in [1.54, 1.807) is 6.08 Å². The van der Waals surface area contributed by atoms with Crippen molar-refractivity contribution in [2.45, 2.75) is 384 Å². The number of nitrogens with one attached hydrogen (secondary N) is 1. The number of hydrogen-bond acceptors (Lipinski definition) is 10. The van der Waals surface area contributed by atoms with Crippen molar-refractivity contribution in [1.29, 1.82) is 0 Å². The molecule has 1 fully saturated rings. The standard InChI is InChI=1S/C75H137NO10/c1-3-5-7-9-11-13-14-15-16-33-37-40-43-47-51-55-59-63-71(80)84-64-60-56-52-48-44-41-38-35-32-30-28-26-24-22-20-18-17-19-21-23-25-27-29-31-34-36-39-42-46-50-54-58-62-70(79)76-67(68(78)61-57-53-49-45-12-10-8-6-4-2)66-85-75-74(83)73(82)72(81)69(65-77)86-75/h11-13,15-16,20,22,45,57,61,67-69,72-75,77-78,81-83H,3-10,14,17-19,21,23-44,46-56,58-60,62-66H2,1-2H3,(H,76,79)/b13-11-,16-15-,22-20-,45-12+,61-57+. The summed E-state index contributed by atoms with van der Waals surface area (Å²) in [6.07, 6.45) is 75.3. The van der Waals surface area contributed by atoms with Crippen LogP contribution < -0.4 is 5.32 Å². The second-order valence-corrected chi connectivity index (χ2v) is 25.3. The van der Waals surface area contributed by atoms with Crippen LogP contribution in [0.15, 0.2) is 60.8 Å². The van der Waals surface area contributed by atoms with Crippen molar-refractivity contribution in [1.82, 2.24) is 5.32 Å². The lowest BCUT2D eigenvalue weighted by Crippen LogP contribution is -2.60. The van der Waals surface area contributed by atoms with Gasteiger partial charge in [-0.25, -0.2) is 0 Å². The topological polar surface area (TPSA) is 175 Å². The molecule has 0 aromatic heterocycles. The SMILES string of the molecule is CCCCC/C=C\C/C=C\CCCCCCCCCC(=O)OCCCCCCCCCCCCCC/C=C\CCCCCCCCCCCCCCCCCCC(=O)NC(COC1OC(CO)C(O)C(O)C1O)C(O)/C=C/CC/C=C/CCCCC. The number of ether oxygens (including phenoxy) is 3. The largest absolute Gasteiger partial charge is 0.466 e. The molecule has 1 rings (SSSR count). The Morgan fingerprint density at radius 1 is 0.430 bits per heavy atom. The van der Waals surface area contributed by atoms with Crippen molar-refractivity contribution in [2.75, 3.05) is 19.8 Å². The molecule has 0 spiro atoms. The summed E-state index contributed by atoms with van der Waals surface area (Å²) < 4.78 is 16.7. The third kappa shape index (κ3) is 52.2. The highest BCUT2D eigenvalue weighted by atomic mass is 16.7. The number of hydrogen-bond donors (Lipinski definition) is 6. The molecule has 0 aromatic rings. The van der Waals surface area contributed by atoms with E-state index < -0.39 is 49.5 Å². The second-order valence-electron chi connectivity index (χ2n) is 25.3. The number of aliphatic hydroxyl groups is 5. The molecule has 7 atom stereocenters. The summed E-state index contributed by atoms with van der Waals surface area (Å²) in [5.74, 6) is -0.189. The number of unbranched alkanes of at least 4 members (excludes halogenated alkanes) is 42. The zero-order chi connectivity index (χ0) is 62.3. The number of carbonyl (C=O) groups excluding carboxylic acids is 2. The maximum atomic E-state index is 13.0. The predicted molar refractivity (Wildman–Crippen MR) is 361 cm³/mol. The molecule has 6 N–H and O–H groups in total. The second kappa shape index (κ2) is 63.9. The van der Waals surface area contributed by atoms with Crippen LogP contribution >= 0.6 is 0 Å². The predicted octanol–water partition coefficient (Wildman–Crippen LogP) is 18.9. The Labute approximate surface area is 528 Å². The number of esters is 1. The van der Waals surface area contributed by atoms with Gasteiger partial charge >= 0.3 is 5.97 Å². The number of carbonyl (C=O) groups is 2. The summed E-state index contributed by atoms with van der Waals surface area (Å²) in [6, 6.07) is -0.825. The minimum atomic E-state index is -1.58. The zero-order valence-electron chi connectivity index (χ0n) is 55.8. The van der Waals surface area contributed by atoms with E-state index in [9.17, 15) is 35.1 Å². The number of rotatable bonds is 64. The fourth-order valence-electron chi connectivity index (χ4n) is 11.3. The lowest BCUT2D eigenvalue weighted by atomic mass is 9.99. The average Bonchev–Trinajstić information content (AvgIpc) is 3.72. The Bertz CT molecular complexity index is 1610. The van der Waals surface area contributed by atoms with E-state index in [-0.39, 0.29) is 18.5 Å². The molecular formula is C75H137NO10. The molecule has 0 aromatic carbocycles. The Hall–Kier alpha value is -2.64. The molecule has 86 heavy (non-hydrogen) atoms. The third-order valence-electron chi connectivity index (χ3n) is 17.1. The quantitative estimate of drug-likeness (QED) is 0.0195. The minimum absolute atomic E-state index is 0.00243. The summed E-state index contributed by atoms with van der Waals surface area (Å²) >= 11 is 0. The molecule has 0 aliphatic carbocycles. The van der Waals surface area contributed by atoms with E-state index in [1.807, 2.05) is 6.08 Å². The number of amides is 1. The Morgan fingerprint density at radius 3 is 1.22 bits per heavy atom. The van der Waals surface area contributed by atoms with Gasteiger partial charge in [0.25, 0.3) is 0 Å². The fourth-order valence-corrected chi connectivity index (χ4v) is 11.3. The highest BCUT2D eigenvalue weighted by Gasteiger charge is 2.44. The van der Waals surface area contributed by atoms with Crippen LogP contribution in [0.4, 0.5) is 0 Å². The summed E-state index contributed by atoms with van der Waals surface area (Å²) in [5.41, 5.74) is 0. The third-order valence-corrected chi connectivity index (χ3v) is 17.1. The van der Waals surface area contributed by atoms with Gasteiger partial charge in [-0.3, -0.25) is 9.59 Å². The van der Waals surface area contributed by atoms with Gasteiger partial charge in [0.1, 0.15) is 24.4 Å². The molecule has 1 heterocycles. The van der Waals surface area contributed by atoms with Gasteiger partial charge in [0, 0.05) is 12.8 Å². The normalized spacial score (nSPS) is 18.2. The molecule has 502 valence electrons. The van der Waals surface area contributed by atoms with Crippen LogP contribution in [0, 0.1) is 0 Å². The molecular weight excluding hydrogens is 1070 g/mol. The van der Waals surface area contributed by atoms with Gasteiger partial charge in [-0.2, -0.15) is 0 Å². The van der Waals surface area contributed by atoms with E-state index in [4.69, 9.17) is 14.2 Å². The van der Waals surface area contributed by atoms with Crippen molar-refractivity contribution in [2.24, 2.45) is 0 Å². The first-order chi connectivity index (χ1) is 42.2. The van der Waals surface area contributed by atoms with Crippen LogP contribution in [0.25, 0.3) is 0 Å². The summed E-state index contributed by atoms with van der Waals surface area (Å²) in [7, 11) is 0. The van der Waals surface area contributed by atoms with Crippen molar-refractivity contribution in [3.63, 3.8) is 0 Å². The van der Waals surface area contributed by atoms with Crippen LogP contribution in [0.3, 0.4) is 0 Å². The highest BCUT2D eigenvalue weighted by Crippen LogP contribution is 2.23. The molecule has 11 nitrogen and oxygen atoms in total. The average molecular weight is 1210 g/mol. The number of allylic oxidation sites excluding steroid dienone is 9. The summed E-state index contributed by atoms with van der Waals surface area (Å²) in [6.45, 7) is 4.27. The first-order valence-electron chi connectivity index (χ1n) is 36.6. The van der Waals surface area contributed by atoms with Crippen LogP contribution in [0.2, 0.25) is 0 Å². The van der Waals surface area contributed by atoms with Gasteiger partial charge in [0.05, 0.1) is 32.0 Å².